The number of benzene rings is 3. The van der Waals surface area contributed by atoms with E-state index in [1.165, 1.54) is 0 Å². The van der Waals surface area contributed by atoms with Crippen molar-refractivity contribution in [3.63, 3.8) is 0 Å². The number of thioether (sulfide) groups is 1. The Morgan fingerprint density at radius 1 is 1.07 bits per heavy atom. The van der Waals surface area contributed by atoms with Crippen LogP contribution in [0, 0.1) is 0 Å². The molecule has 0 unspecified atom stereocenters. The van der Waals surface area contributed by atoms with Crippen LogP contribution < -0.4 is 4.74 Å². The van der Waals surface area contributed by atoms with Gasteiger partial charge in [-0.1, -0.05) is 82.1 Å². The van der Waals surface area contributed by atoms with Crippen LogP contribution >= 0.6 is 39.3 Å². The lowest BCUT2D eigenvalue weighted by molar-refractivity contribution is -0.139. The summed E-state index contributed by atoms with van der Waals surface area (Å²) in [6.45, 7) is -0.415. The van der Waals surface area contributed by atoms with Gasteiger partial charge in [0.2, 0.25) is 0 Å². The van der Waals surface area contributed by atoms with Gasteiger partial charge in [-0.05, 0) is 41.0 Å². The number of carbonyl (C=O) groups is 1. The highest BCUT2D eigenvalue weighted by Crippen LogP contribution is 2.33. The first kappa shape index (κ1) is 21.5. The molecule has 0 aliphatic heterocycles. The first-order valence-electron chi connectivity index (χ1n) is 8.82. The Morgan fingerprint density at radius 3 is 2.48 bits per heavy atom. The van der Waals surface area contributed by atoms with Crippen molar-refractivity contribution in [1.29, 1.82) is 0 Å². The smallest absolute Gasteiger partial charge is 0.341 e. The molecule has 3 aromatic rings. The fraction of sp³-hybridized carbons (Fsp3) is 0.0870. The first-order chi connectivity index (χ1) is 14.0. The highest BCUT2D eigenvalue weighted by molar-refractivity contribution is 9.10. The Hall–Kier alpha value is -2.21. The lowest BCUT2D eigenvalue weighted by atomic mass is 9.98. The molecule has 0 bridgehead atoms. The molecule has 3 rings (SSSR count). The van der Waals surface area contributed by atoms with E-state index in [0.717, 1.165) is 31.8 Å². The molecule has 148 valence electrons. The number of carboxylic acids is 1. The Kier molecular flexibility index (Phi) is 7.81. The van der Waals surface area contributed by atoms with E-state index in [9.17, 15) is 4.79 Å². The van der Waals surface area contributed by atoms with E-state index in [1.54, 1.807) is 23.9 Å². The number of rotatable bonds is 8. The van der Waals surface area contributed by atoms with Crippen LogP contribution in [0.4, 0.5) is 0 Å². The van der Waals surface area contributed by atoms with Gasteiger partial charge in [-0.15, -0.1) is 11.8 Å². The van der Waals surface area contributed by atoms with Crippen molar-refractivity contribution in [2.24, 2.45) is 0 Å². The normalized spacial score (nSPS) is 11.3. The minimum Gasteiger partial charge on any atom is -0.480 e. The van der Waals surface area contributed by atoms with Gasteiger partial charge in [-0.3, -0.25) is 0 Å². The molecule has 0 radical (unpaired) electrons. The molecule has 3 nitrogen and oxygen atoms in total. The summed E-state index contributed by atoms with van der Waals surface area (Å²) in [5.41, 5.74) is 3.43. The van der Waals surface area contributed by atoms with Crippen molar-refractivity contribution in [2.75, 3.05) is 12.4 Å². The molecule has 0 fully saturated rings. The third kappa shape index (κ3) is 6.13. The molecule has 0 amide bonds. The zero-order chi connectivity index (χ0) is 20.6. The second kappa shape index (κ2) is 10.5. The molecule has 1 N–H and O–H groups in total. The van der Waals surface area contributed by atoms with Crippen LogP contribution in [0.25, 0.3) is 5.57 Å². The predicted octanol–water partition coefficient (Wildman–Crippen LogP) is 6.79. The van der Waals surface area contributed by atoms with Crippen molar-refractivity contribution in [3.05, 3.63) is 99.5 Å². The number of carboxylic acid groups (broad SMARTS) is 1. The van der Waals surface area contributed by atoms with Crippen LogP contribution in [0.3, 0.4) is 0 Å². The van der Waals surface area contributed by atoms with Gasteiger partial charge in [0.1, 0.15) is 5.75 Å². The van der Waals surface area contributed by atoms with Gasteiger partial charge in [0, 0.05) is 15.1 Å². The van der Waals surface area contributed by atoms with Gasteiger partial charge >= 0.3 is 5.97 Å². The minimum absolute atomic E-state index is 0.368. The van der Waals surface area contributed by atoms with Gasteiger partial charge in [0.25, 0.3) is 0 Å². The zero-order valence-corrected chi connectivity index (χ0v) is 18.5. The molecular weight excluding hydrogens is 472 g/mol. The Balaban J connectivity index is 1.78. The number of ether oxygens (including phenoxy) is 1. The topological polar surface area (TPSA) is 46.5 Å². The van der Waals surface area contributed by atoms with Crippen LogP contribution in [-0.2, 0) is 4.79 Å². The standard InChI is InChI=1S/C23H18BrClO3S/c24-20-9-5-4-8-19(20)18(16-6-2-1-3-7-16)12-13-29-17-10-11-22(21(25)14-17)28-15-23(26)27/h1-12,14H,13,15H2,(H,26,27). The molecule has 6 heteroatoms. The summed E-state index contributed by atoms with van der Waals surface area (Å²) < 4.78 is 6.21. The van der Waals surface area contributed by atoms with E-state index in [-0.39, 0.29) is 0 Å². The first-order valence-corrected chi connectivity index (χ1v) is 11.0. The van der Waals surface area contributed by atoms with E-state index in [1.807, 2.05) is 42.5 Å². The summed E-state index contributed by atoms with van der Waals surface area (Å²) in [5, 5.41) is 9.11. The second-order valence-corrected chi connectivity index (χ2v) is 8.40. The third-order valence-electron chi connectivity index (χ3n) is 4.04. The molecular formula is C23H18BrClO3S. The number of aliphatic carboxylic acids is 1. The van der Waals surface area contributed by atoms with E-state index in [0.29, 0.717) is 10.8 Å². The van der Waals surface area contributed by atoms with Gasteiger partial charge in [0.15, 0.2) is 6.61 Å². The molecule has 0 atom stereocenters. The van der Waals surface area contributed by atoms with Gasteiger partial charge in [-0.25, -0.2) is 4.79 Å². The summed E-state index contributed by atoms with van der Waals surface area (Å²) >= 11 is 11.5. The lowest BCUT2D eigenvalue weighted by Crippen LogP contribution is -2.09. The van der Waals surface area contributed by atoms with Crippen molar-refractivity contribution >= 4 is 50.8 Å². The monoisotopic (exact) mass is 488 g/mol. The Morgan fingerprint density at radius 2 is 1.79 bits per heavy atom. The zero-order valence-electron chi connectivity index (χ0n) is 15.3. The summed E-state index contributed by atoms with van der Waals surface area (Å²) in [6, 6.07) is 23.8. The fourth-order valence-corrected chi connectivity index (χ4v) is 4.34. The maximum Gasteiger partial charge on any atom is 0.341 e. The van der Waals surface area contributed by atoms with Crippen molar-refractivity contribution in [3.8, 4) is 5.75 Å². The second-order valence-electron chi connectivity index (χ2n) is 6.05. The van der Waals surface area contributed by atoms with Gasteiger partial charge < -0.3 is 9.84 Å². The molecule has 0 saturated carbocycles. The molecule has 29 heavy (non-hydrogen) atoms. The summed E-state index contributed by atoms with van der Waals surface area (Å²) in [6.07, 6.45) is 2.20. The predicted molar refractivity (Wildman–Crippen MR) is 123 cm³/mol. The van der Waals surface area contributed by atoms with Crippen LogP contribution in [0.15, 0.2) is 88.2 Å². The maximum absolute atomic E-state index is 10.6. The minimum atomic E-state index is -1.04. The fourth-order valence-electron chi connectivity index (χ4n) is 2.73. The molecule has 0 heterocycles. The van der Waals surface area contributed by atoms with E-state index in [4.69, 9.17) is 21.4 Å². The molecule has 3 aromatic carbocycles. The molecule has 0 aliphatic rings. The van der Waals surface area contributed by atoms with Gasteiger partial charge in [0.05, 0.1) is 5.02 Å². The van der Waals surface area contributed by atoms with Crippen molar-refractivity contribution < 1.29 is 14.6 Å². The van der Waals surface area contributed by atoms with Crippen LogP contribution in [0.5, 0.6) is 5.75 Å². The number of hydrogen-bond donors (Lipinski definition) is 1. The maximum atomic E-state index is 10.6. The summed E-state index contributed by atoms with van der Waals surface area (Å²) in [7, 11) is 0. The number of hydrogen-bond acceptors (Lipinski definition) is 3. The molecule has 0 spiro atoms. The average molecular weight is 490 g/mol. The van der Waals surface area contributed by atoms with Crippen molar-refractivity contribution in [2.45, 2.75) is 4.90 Å². The SMILES string of the molecule is O=C(O)COc1ccc(SCC=C(c2ccccc2)c2ccccc2Br)cc1Cl. The van der Waals surface area contributed by atoms with E-state index >= 15 is 0 Å². The number of halogens is 2. The largest absolute Gasteiger partial charge is 0.480 e. The highest BCUT2D eigenvalue weighted by atomic mass is 79.9. The van der Waals surface area contributed by atoms with Gasteiger partial charge in [-0.2, -0.15) is 0 Å². The average Bonchev–Trinajstić information content (AvgIpc) is 2.72. The highest BCUT2D eigenvalue weighted by Gasteiger charge is 2.09. The third-order valence-corrected chi connectivity index (χ3v) is 5.95. The Bertz CT molecular complexity index is 1020. The lowest BCUT2D eigenvalue weighted by Gasteiger charge is -2.11. The van der Waals surface area contributed by atoms with E-state index in [2.05, 4.69) is 40.2 Å². The van der Waals surface area contributed by atoms with Crippen LogP contribution in [0.1, 0.15) is 11.1 Å². The van der Waals surface area contributed by atoms with Crippen molar-refractivity contribution in [1.82, 2.24) is 0 Å². The van der Waals surface area contributed by atoms with Crippen LogP contribution in [0.2, 0.25) is 5.02 Å². The Labute approximate surface area is 187 Å². The quantitative estimate of drug-likeness (QED) is 0.354. The van der Waals surface area contributed by atoms with Crippen LogP contribution in [-0.4, -0.2) is 23.4 Å². The van der Waals surface area contributed by atoms with E-state index < -0.39 is 12.6 Å². The summed E-state index contributed by atoms with van der Waals surface area (Å²) in [4.78, 5) is 11.6. The molecule has 0 saturated heterocycles. The summed E-state index contributed by atoms with van der Waals surface area (Å²) in [5.74, 6) is 0.0781. The molecule has 0 aromatic heterocycles. The molecule has 0 aliphatic carbocycles.